The Morgan fingerprint density at radius 1 is 1.30 bits per heavy atom. The highest BCUT2D eigenvalue weighted by Gasteiger charge is 2.42. The number of benzene rings is 1. The van der Waals surface area contributed by atoms with Gasteiger partial charge in [-0.3, -0.25) is 0 Å². The minimum absolute atomic E-state index is 0.185. The molecule has 0 radical (unpaired) electrons. The number of ether oxygens (including phenoxy) is 2. The Kier molecular flexibility index (Phi) is 4.34. The van der Waals surface area contributed by atoms with Crippen LogP contribution in [0.3, 0.4) is 0 Å². The number of hydrogen-bond acceptors (Lipinski definition) is 3. The van der Waals surface area contributed by atoms with E-state index in [0.29, 0.717) is 13.2 Å². The summed E-state index contributed by atoms with van der Waals surface area (Å²) in [6, 6.07) is 5.98. The minimum Gasteiger partial charge on any atom is -0.491 e. The summed E-state index contributed by atoms with van der Waals surface area (Å²) in [5.74, 6) is 0.881. The number of halogens is 1. The van der Waals surface area contributed by atoms with E-state index in [1.807, 2.05) is 18.2 Å². The summed E-state index contributed by atoms with van der Waals surface area (Å²) in [6.07, 6.45) is 7.66. The van der Waals surface area contributed by atoms with Crippen molar-refractivity contribution < 1.29 is 9.47 Å². The van der Waals surface area contributed by atoms with Crippen molar-refractivity contribution in [1.29, 1.82) is 0 Å². The predicted molar refractivity (Wildman–Crippen MR) is 82.8 cm³/mol. The molecule has 1 aliphatic heterocycles. The summed E-state index contributed by atoms with van der Waals surface area (Å²) in [7, 11) is 0. The third kappa shape index (κ3) is 3.02. The zero-order valence-corrected chi connectivity index (χ0v) is 13.3. The number of nitrogens with two attached hydrogens (primary N) is 1. The summed E-state index contributed by atoms with van der Waals surface area (Å²) in [4.78, 5) is 0. The molecule has 1 atom stereocenters. The molecular formula is C16H22BrNO2. The Balaban J connectivity index is 1.57. The van der Waals surface area contributed by atoms with Crippen LogP contribution in [0.25, 0.3) is 0 Å². The van der Waals surface area contributed by atoms with Gasteiger partial charge in [-0.25, -0.2) is 0 Å². The normalized spacial score (nSPS) is 24.4. The second kappa shape index (κ2) is 6.04. The van der Waals surface area contributed by atoms with Crippen molar-refractivity contribution in [3.05, 3.63) is 28.2 Å². The summed E-state index contributed by atoms with van der Waals surface area (Å²) in [6.45, 7) is 1.13. The van der Waals surface area contributed by atoms with Crippen LogP contribution in [0.1, 0.15) is 44.1 Å². The average Bonchev–Trinajstić information content (AvgIpc) is 3.08. The van der Waals surface area contributed by atoms with Crippen LogP contribution in [0.15, 0.2) is 22.7 Å². The summed E-state index contributed by atoms with van der Waals surface area (Å²) >= 11 is 3.46. The van der Waals surface area contributed by atoms with Crippen molar-refractivity contribution in [3.8, 4) is 5.75 Å². The summed E-state index contributed by atoms with van der Waals surface area (Å²) in [5.41, 5.74) is 6.99. The Morgan fingerprint density at radius 3 is 2.85 bits per heavy atom. The van der Waals surface area contributed by atoms with E-state index in [4.69, 9.17) is 15.2 Å². The minimum atomic E-state index is 0.185. The van der Waals surface area contributed by atoms with Crippen molar-refractivity contribution in [1.82, 2.24) is 0 Å². The van der Waals surface area contributed by atoms with Crippen LogP contribution in [0.5, 0.6) is 5.75 Å². The molecule has 1 aromatic rings. The molecule has 1 aliphatic carbocycles. The molecule has 1 saturated heterocycles. The quantitative estimate of drug-likeness (QED) is 0.907. The highest BCUT2D eigenvalue weighted by molar-refractivity contribution is 9.10. The van der Waals surface area contributed by atoms with E-state index in [1.165, 1.54) is 32.1 Å². The Labute approximate surface area is 129 Å². The predicted octanol–water partition coefficient (Wildman–Crippen LogP) is 3.78. The molecule has 20 heavy (non-hydrogen) atoms. The number of hydrogen-bond donors (Lipinski definition) is 1. The maximum atomic E-state index is 6.26. The first-order chi connectivity index (χ1) is 9.71. The first-order valence-corrected chi connectivity index (χ1v) is 8.29. The van der Waals surface area contributed by atoms with Gasteiger partial charge < -0.3 is 15.2 Å². The first kappa shape index (κ1) is 14.4. The topological polar surface area (TPSA) is 44.5 Å². The van der Waals surface area contributed by atoms with E-state index < -0.39 is 0 Å². The fourth-order valence-corrected chi connectivity index (χ4v) is 3.84. The molecule has 2 fully saturated rings. The van der Waals surface area contributed by atoms with Gasteiger partial charge in [-0.15, -0.1) is 0 Å². The van der Waals surface area contributed by atoms with Gasteiger partial charge in [-0.05, 0) is 43.9 Å². The fourth-order valence-electron chi connectivity index (χ4n) is 3.43. The van der Waals surface area contributed by atoms with Gasteiger partial charge in [0, 0.05) is 16.6 Å². The smallest absolute Gasteiger partial charge is 0.123 e. The lowest BCUT2D eigenvalue weighted by Crippen LogP contribution is -2.27. The molecule has 1 unspecified atom stereocenters. The molecule has 1 saturated carbocycles. The SMILES string of the molecule is NCc1cc(Br)ccc1OCC1CCC2(CCCC2)O1. The van der Waals surface area contributed by atoms with Crippen LogP contribution >= 0.6 is 15.9 Å². The highest BCUT2D eigenvalue weighted by atomic mass is 79.9. The Bertz CT molecular complexity index is 472. The average molecular weight is 340 g/mol. The van der Waals surface area contributed by atoms with Gasteiger partial charge in [-0.2, -0.15) is 0 Å². The molecule has 3 nitrogen and oxygen atoms in total. The van der Waals surface area contributed by atoms with Crippen LogP contribution in [0.4, 0.5) is 0 Å². The van der Waals surface area contributed by atoms with Crippen LogP contribution in [-0.2, 0) is 11.3 Å². The lowest BCUT2D eigenvalue weighted by molar-refractivity contribution is -0.0509. The van der Waals surface area contributed by atoms with Crippen LogP contribution < -0.4 is 10.5 Å². The van der Waals surface area contributed by atoms with E-state index in [9.17, 15) is 0 Å². The third-order valence-corrected chi connectivity index (χ3v) is 5.01. The van der Waals surface area contributed by atoms with E-state index in [-0.39, 0.29) is 11.7 Å². The van der Waals surface area contributed by atoms with Crippen molar-refractivity contribution in [3.63, 3.8) is 0 Å². The van der Waals surface area contributed by atoms with E-state index >= 15 is 0 Å². The first-order valence-electron chi connectivity index (χ1n) is 7.50. The zero-order valence-electron chi connectivity index (χ0n) is 11.7. The van der Waals surface area contributed by atoms with Crippen molar-refractivity contribution in [2.75, 3.05) is 6.61 Å². The monoisotopic (exact) mass is 339 g/mol. The van der Waals surface area contributed by atoms with Crippen LogP contribution in [0, 0.1) is 0 Å². The molecule has 1 spiro atoms. The molecule has 2 aliphatic rings. The van der Waals surface area contributed by atoms with Crippen molar-refractivity contribution in [2.45, 2.75) is 56.8 Å². The summed E-state index contributed by atoms with van der Waals surface area (Å²) < 4.78 is 13.2. The van der Waals surface area contributed by atoms with Gasteiger partial charge in [-0.1, -0.05) is 28.8 Å². The standard InChI is InChI=1S/C16H22BrNO2/c17-13-3-4-15(12(9-13)10-18)19-11-14-5-8-16(20-14)6-1-2-7-16/h3-4,9,14H,1-2,5-8,10-11,18H2. The lowest BCUT2D eigenvalue weighted by Gasteiger charge is -2.24. The molecule has 1 aromatic carbocycles. The van der Waals surface area contributed by atoms with Gasteiger partial charge in [0.25, 0.3) is 0 Å². The summed E-state index contributed by atoms with van der Waals surface area (Å²) in [5, 5.41) is 0. The molecule has 3 rings (SSSR count). The Hall–Kier alpha value is -0.580. The maximum Gasteiger partial charge on any atom is 0.123 e. The Morgan fingerprint density at radius 2 is 2.10 bits per heavy atom. The van der Waals surface area contributed by atoms with Gasteiger partial charge >= 0.3 is 0 Å². The largest absolute Gasteiger partial charge is 0.491 e. The van der Waals surface area contributed by atoms with Crippen molar-refractivity contribution in [2.24, 2.45) is 5.73 Å². The van der Waals surface area contributed by atoms with E-state index in [2.05, 4.69) is 15.9 Å². The van der Waals surface area contributed by atoms with Gasteiger partial charge in [0.1, 0.15) is 12.4 Å². The highest BCUT2D eigenvalue weighted by Crippen LogP contribution is 2.43. The van der Waals surface area contributed by atoms with Gasteiger partial charge in [0.2, 0.25) is 0 Å². The second-order valence-electron chi connectivity index (χ2n) is 5.94. The number of rotatable bonds is 4. The molecule has 4 heteroatoms. The van der Waals surface area contributed by atoms with Crippen LogP contribution in [-0.4, -0.2) is 18.3 Å². The molecule has 1 heterocycles. The van der Waals surface area contributed by atoms with Crippen LogP contribution in [0.2, 0.25) is 0 Å². The van der Waals surface area contributed by atoms with E-state index in [0.717, 1.165) is 22.2 Å². The molecular weight excluding hydrogens is 318 g/mol. The second-order valence-corrected chi connectivity index (χ2v) is 6.85. The fraction of sp³-hybridized carbons (Fsp3) is 0.625. The van der Waals surface area contributed by atoms with Crippen molar-refractivity contribution >= 4 is 15.9 Å². The van der Waals surface area contributed by atoms with Gasteiger partial charge in [0.05, 0.1) is 11.7 Å². The zero-order chi connectivity index (χ0) is 14.0. The molecule has 0 amide bonds. The van der Waals surface area contributed by atoms with Gasteiger partial charge in [0.15, 0.2) is 0 Å². The lowest BCUT2D eigenvalue weighted by atomic mass is 9.98. The third-order valence-electron chi connectivity index (χ3n) is 4.52. The maximum absolute atomic E-state index is 6.26. The molecule has 0 bridgehead atoms. The molecule has 2 N–H and O–H groups in total. The van der Waals surface area contributed by atoms with E-state index in [1.54, 1.807) is 0 Å². The molecule has 110 valence electrons. The molecule has 0 aromatic heterocycles.